The van der Waals surface area contributed by atoms with E-state index < -0.39 is 5.97 Å². The number of carboxylic acid groups (broad SMARTS) is 1. The van der Waals surface area contributed by atoms with Crippen molar-refractivity contribution < 1.29 is 9.90 Å². The minimum Gasteiger partial charge on any atom is -0.478 e. The number of thiazole rings is 1. The van der Waals surface area contributed by atoms with E-state index in [1.807, 2.05) is 12.3 Å². The molecule has 3 aromatic rings. The number of carboxylic acids is 1. The lowest BCUT2D eigenvalue weighted by atomic mass is 10.1. The topological polar surface area (TPSA) is 88.0 Å². The summed E-state index contributed by atoms with van der Waals surface area (Å²) in [7, 11) is 0. The Morgan fingerprint density at radius 3 is 3.00 bits per heavy atom. The lowest BCUT2D eigenvalue weighted by molar-refractivity contribution is 0.0697. The molecule has 6 nitrogen and oxygen atoms in total. The Hall–Kier alpha value is -2.41. The first kappa shape index (κ1) is 13.6. The molecular formula is C14H13N3O3S. The molecule has 21 heavy (non-hydrogen) atoms. The van der Waals surface area contributed by atoms with Crippen LogP contribution in [0.15, 0.2) is 34.6 Å². The number of hydrogen-bond donors (Lipinski definition) is 2. The van der Waals surface area contributed by atoms with E-state index in [2.05, 4.69) is 9.97 Å². The summed E-state index contributed by atoms with van der Waals surface area (Å²) in [6.07, 6.45) is 1.73. The van der Waals surface area contributed by atoms with E-state index in [1.165, 1.54) is 12.1 Å². The van der Waals surface area contributed by atoms with Crippen molar-refractivity contribution in [1.29, 1.82) is 0 Å². The SMILES string of the molecule is CC(Cn1c(=O)[nH]c2ccc(C(=O)O)cc21)c1nccs1. The van der Waals surface area contributed by atoms with Gasteiger partial charge in [0.15, 0.2) is 0 Å². The van der Waals surface area contributed by atoms with E-state index in [4.69, 9.17) is 5.11 Å². The number of H-pyrrole nitrogens is 1. The van der Waals surface area contributed by atoms with E-state index in [-0.39, 0.29) is 17.2 Å². The number of aromatic amines is 1. The molecule has 3 rings (SSSR count). The Bertz CT molecular complexity index is 848. The van der Waals surface area contributed by atoms with Crippen molar-refractivity contribution in [3.05, 3.63) is 50.8 Å². The predicted molar refractivity (Wildman–Crippen MR) is 80.0 cm³/mol. The van der Waals surface area contributed by atoms with Gasteiger partial charge in [0.05, 0.1) is 21.6 Å². The average Bonchev–Trinajstić information content (AvgIpc) is 3.07. The number of nitrogens with one attached hydrogen (secondary N) is 1. The number of nitrogens with zero attached hydrogens (tertiary/aromatic N) is 2. The highest BCUT2D eigenvalue weighted by molar-refractivity contribution is 7.09. The van der Waals surface area contributed by atoms with Crippen LogP contribution < -0.4 is 5.69 Å². The third-order valence-corrected chi connectivity index (χ3v) is 4.36. The molecule has 2 heterocycles. The number of hydrogen-bond acceptors (Lipinski definition) is 4. The zero-order valence-electron chi connectivity index (χ0n) is 11.2. The third kappa shape index (κ3) is 2.47. The Morgan fingerprint density at radius 1 is 1.52 bits per heavy atom. The summed E-state index contributed by atoms with van der Waals surface area (Å²) >= 11 is 1.54. The molecule has 1 atom stereocenters. The van der Waals surface area contributed by atoms with Gasteiger partial charge in [-0.3, -0.25) is 4.57 Å². The maximum atomic E-state index is 12.1. The van der Waals surface area contributed by atoms with E-state index in [1.54, 1.807) is 28.2 Å². The van der Waals surface area contributed by atoms with Crippen molar-refractivity contribution in [2.75, 3.05) is 0 Å². The summed E-state index contributed by atoms with van der Waals surface area (Å²) < 4.78 is 1.56. The fraction of sp³-hybridized carbons (Fsp3) is 0.214. The minimum atomic E-state index is -1.01. The Labute approximate surface area is 123 Å². The summed E-state index contributed by atoms with van der Waals surface area (Å²) in [6.45, 7) is 2.45. The van der Waals surface area contributed by atoms with Crippen molar-refractivity contribution in [3.63, 3.8) is 0 Å². The second-order valence-corrected chi connectivity index (χ2v) is 5.78. The van der Waals surface area contributed by atoms with Crippen molar-refractivity contribution in [1.82, 2.24) is 14.5 Å². The minimum absolute atomic E-state index is 0.0789. The summed E-state index contributed by atoms with van der Waals surface area (Å²) in [5, 5.41) is 11.9. The van der Waals surface area contributed by atoms with Crippen molar-refractivity contribution in [2.45, 2.75) is 19.4 Å². The van der Waals surface area contributed by atoms with Crippen LogP contribution in [0.1, 0.15) is 28.2 Å². The molecule has 0 saturated heterocycles. The molecule has 0 spiro atoms. The Balaban J connectivity index is 2.04. The van der Waals surface area contributed by atoms with Crippen LogP contribution in [0.25, 0.3) is 11.0 Å². The number of carbonyl (C=O) groups is 1. The first-order chi connectivity index (χ1) is 10.1. The summed E-state index contributed by atoms with van der Waals surface area (Å²) in [5.74, 6) is -0.930. The molecular weight excluding hydrogens is 290 g/mol. The number of imidazole rings is 1. The summed E-state index contributed by atoms with van der Waals surface area (Å²) in [4.78, 5) is 30.1. The quantitative estimate of drug-likeness (QED) is 0.774. The highest BCUT2D eigenvalue weighted by Crippen LogP contribution is 2.21. The fourth-order valence-electron chi connectivity index (χ4n) is 2.30. The van der Waals surface area contributed by atoms with Crippen LogP contribution in [0.3, 0.4) is 0 Å². The van der Waals surface area contributed by atoms with Crippen molar-refractivity contribution >= 4 is 28.3 Å². The zero-order chi connectivity index (χ0) is 15.0. The largest absolute Gasteiger partial charge is 0.478 e. The van der Waals surface area contributed by atoms with Gasteiger partial charge in [-0.15, -0.1) is 11.3 Å². The molecule has 1 aromatic carbocycles. The fourth-order valence-corrected chi connectivity index (χ4v) is 2.99. The molecule has 0 aliphatic carbocycles. The molecule has 2 N–H and O–H groups in total. The van der Waals surface area contributed by atoms with Crippen LogP contribution in [-0.4, -0.2) is 25.6 Å². The van der Waals surface area contributed by atoms with E-state index in [0.29, 0.717) is 17.6 Å². The zero-order valence-corrected chi connectivity index (χ0v) is 12.1. The molecule has 2 aromatic heterocycles. The predicted octanol–water partition coefficient (Wildman–Crippen LogP) is 2.29. The van der Waals surface area contributed by atoms with Crippen LogP contribution in [0.2, 0.25) is 0 Å². The standard InChI is InChI=1S/C14H13N3O3S/c1-8(12-15-4-5-21-12)7-17-11-6-9(13(18)19)2-3-10(11)16-14(17)20/h2-6,8H,7H2,1H3,(H,16,20)(H,18,19). The first-order valence-corrected chi connectivity index (χ1v) is 7.29. The highest BCUT2D eigenvalue weighted by atomic mass is 32.1. The molecule has 0 amide bonds. The Kier molecular flexibility index (Phi) is 3.34. The first-order valence-electron chi connectivity index (χ1n) is 6.41. The maximum absolute atomic E-state index is 12.1. The van der Waals surface area contributed by atoms with E-state index in [9.17, 15) is 9.59 Å². The van der Waals surface area contributed by atoms with Crippen LogP contribution in [0.4, 0.5) is 0 Å². The molecule has 0 aliphatic heterocycles. The van der Waals surface area contributed by atoms with Crippen LogP contribution in [-0.2, 0) is 6.54 Å². The van der Waals surface area contributed by atoms with Crippen LogP contribution >= 0.6 is 11.3 Å². The van der Waals surface area contributed by atoms with E-state index in [0.717, 1.165) is 5.01 Å². The van der Waals surface area contributed by atoms with Gasteiger partial charge < -0.3 is 10.1 Å². The highest BCUT2D eigenvalue weighted by Gasteiger charge is 2.15. The second-order valence-electron chi connectivity index (χ2n) is 4.85. The van der Waals surface area contributed by atoms with Crippen LogP contribution in [0.5, 0.6) is 0 Å². The number of fused-ring (bicyclic) bond motifs is 1. The van der Waals surface area contributed by atoms with Gasteiger partial charge in [0, 0.05) is 24.0 Å². The molecule has 0 aliphatic rings. The van der Waals surface area contributed by atoms with Gasteiger partial charge in [-0.25, -0.2) is 14.6 Å². The maximum Gasteiger partial charge on any atom is 0.335 e. The molecule has 108 valence electrons. The molecule has 1 unspecified atom stereocenters. The van der Waals surface area contributed by atoms with E-state index >= 15 is 0 Å². The van der Waals surface area contributed by atoms with Gasteiger partial charge in [0.25, 0.3) is 0 Å². The normalized spacial score (nSPS) is 12.6. The van der Waals surface area contributed by atoms with Gasteiger partial charge in [0.2, 0.25) is 0 Å². The smallest absolute Gasteiger partial charge is 0.335 e. The number of aromatic carboxylic acids is 1. The summed E-state index contributed by atoms with van der Waals surface area (Å²) in [6, 6.07) is 4.62. The van der Waals surface area contributed by atoms with Crippen molar-refractivity contribution in [3.8, 4) is 0 Å². The lowest BCUT2D eigenvalue weighted by Crippen LogP contribution is -2.19. The van der Waals surface area contributed by atoms with Gasteiger partial charge in [-0.2, -0.15) is 0 Å². The molecule has 0 bridgehead atoms. The van der Waals surface area contributed by atoms with Crippen molar-refractivity contribution in [2.24, 2.45) is 0 Å². The Morgan fingerprint density at radius 2 is 2.33 bits per heavy atom. The number of aromatic nitrogens is 3. The average molecular weight is 303 g/mol. The van der Waals surface area contributed by atoms with Gasteiger partial charge >= 0.3 is 11.7 Å². The second kappa shape index (κ2) is 5.17. The molecule has 0 saturated carbocycles. The molecule has 7 heteroatoms. The van der Waals surface area contributed by atoms with Gasteiger partial charge in [0.1, 0.15) is 0 Å². The van der Waals surface area contributed by atoms with Gasteiger partial charge in [-0.05, 0) is 18.2 Å². The lowest BCUT2D eigenvalue weighted by Gasteiger charge is -2.09. The number of benzene rings is 1. The third-order valence-electron chi connectivity index (χ3n) is 3.35. The van der Waals surface area contributed by atoms with Gasteiger partial charge in [-0.1, -0.05) is 6.92 Å². The van der Waals surface area contributed by atoms with Crippen LogP contribution in [0, 0.1) is 0 Å². The number of rotatable bonds is 4. The summed E-state index contributed by atoms with van der Waals surface area (Å²) in [5.41, 5.74) is 1.16. The molecule has 0 radical (unpaired) electrons. The monoisotopic (exact) mass is 303 g/mol. The molecule has 0 fully saturated rings.